The maximum absolute atomic E-state index is 11.7. The van der Waals surface area contributed by atoms with Gasteiger partial charge >= 0.3 is 13.1 Å². The van der Waals surface area contributed by atoms with E-state index in [1.165, 1.54) is 7.11 Å². The van der Waals surface area contributed by atoms with Crippen LogP contribution in [0.5, 0.6) is 0 Å². The average Bonchev–Trinajstić information content (AvgIpc) is 3.40. The van der Waals surface area contributed by atoms with Gasteiger partial charge in [0.25, 0.3) is 0 Å². The van der Waals surface area contributed by atoms with Crippen LogP contribution >= 0.6 is 0 Å². The standard InChI is InChI=1S/C19H31BO6/c1-14(17(21)22-2)13-20-25-15(18(23-3)9-5-6-10-18)16(26-20)19(24-4)11-7-8-12-19/h15-16H,1,5-13H2,2-4H3/t15-,16-/m1/s1. The van der Waals surface area contributed by atoms with Crippen LogP contribution in [-0.2, 0) is 28.3 Å². The predicted molar refractivity (Wildman–Crippen MR) is 97.9 cm³/mol. The summed E-state index contributed by atoms with van der Waals surface area (Å²) < 4.78 is 29.5. The van der Waals surface area contributed by atoms with Gasteiger partial charge in [0.05, 0.1) is 30.5 Å². The van der Waals surface area contributed by atoms with E-state index in [9.17, 15) is 4.79 Å². The first-order valence-electron chi connectivity index (χ1n) is 9.67. The van der Waals surface area contributed by atoms with Gasteiger partial charge in [-0.3, -0.25) is 0 Å². The summed E-state index contributed by atoms with van der Waals surface area (Å²) in [6.07, 6.45) is 8.21. The van der Waals surface area contributed by atoms with Crippen molar-refractivity contribution in [1.82, 2.24) is 0 Å². The predicted octanol–water partition coefficient (Wildman–Crippen LogP) is 2.91. The quantitative estimate of drug-likeness (QED) is 0.392. The Morgan fingerprint density at radius 2 is 1.38 bits per heavy atom. The Morgan fingerprint density at radius 1 is 0.962 bits per heavy atom. The van der Waals surface area contributed by atoms with E-state index in [0.29, 0.717) is 11.9 Å². The summed E-state index contributed by atoms with van der Waals surface area (Å²) in [5.41, 5.74) is -0.340. The largest absolute Gasteiger partial charge is 0.466 e. The smallest absolute Gasteiger partial charge is 0.462 e. The second-order valence-electron chi connectivity index (χ2n) is 7.79. The van der Waals surface area contributed by atoms with Crippen molar-refractivity contribution in [1.29, 1.82) is 0 Å². The fourth-order valence-corrected chi connectivity index (χ4v) is 4.98. The average molecular weight is 366 g/mol. The molecule has 26 heavy (non-hydrogen) atoms. The maximum atomic E-state index is 11.7. The highest BCUT2D eigenvalue weighted by Gasteiger charge is 2.60. The summed E-state index contributed by atoms with van der Waals surface area (Å²) in [4.78, 5) is 11.7. The molecular weight excluding hydrogens is 335 g/mol. The van der Waals surface area contributed by atoms with Crippen molar-refractivity contribution in [3.05, 3.63) is 12.2 Å². The SMILES string of the molecule is C=C(CB1O[C@@H](C2(OC)CCCC2)[C@H](C2(OC)CCCC2)O1)C(=O)OC. The van der Waals surface area contributed by atoms with Crippen LogP contribution in [0.1, 0.15) is 51.4 Å². The minimum atomic E-state index is -0.531. The number of methoxy groups -OCH3 is 3. The van der Waals surface area contributed by atoms with Gasteiger partial charge in [0.15, 0.2) is 0 Å². The molecule has 1 heterocycles. The fourth-order valence-electron chi connectivity index (χ4n) is 4.98. The van der Waals surface area contributed by atoms with Gasteiger partial charge in [-0.2, -0.15) is 0 Å². The van der Waals surface area contributed by atoms with E-state index in [1.807, 2.05) is 0 Å². The second-order valence-corrected chi connectivity index (χ2v) is 7.79. The summed E-state index contributed by atoms with van der Waals surface area (Å²) in [7, 11) is 4.35. The molecular formula is C19H31BO6. The third-order valence-corrected chi connectivity index (χ3v) is 6.51. The lowest BCUT2D eigenvalue weighted by atomic mass is 9.81. The molecule has 3 fully saturated rings. The Labute approximate surface area is 156 Å². The van der Waals surface area contributed by atoms with Gasteiger partial charge in [0.1, 0.15) is 0 Å². The minimum absolute atomic E-state index is 0.205. The fraction of sp³-hybridized carbons (Fsp3) is 0.842. The molecule has 0 aromatic rings. The molecule has 0 aromatic heterocycles. The lowest BCUT2D eigenvalue weighted by Gasteiger charge is -2.43. The second kappa shape index (κ2) is 8.01. The molecule has 146 valence electrons. The molecule has 0 unspecified atom stereocenters. The summed E-state index contributed by atoms with van der Waals surface area (Å²) in [6, 6.07) is 0. The van der Waals surface area contributed by atoms with Crippen LogP contribution in [0, 0.1) is 0 Å². The molecule has 0 N–H and O–H groups in total. The molecule has 2 atom stereocenters. The van der Waals surface area contributed by atoms with Crippen molar-refractivity contribution >= 4 is 13.1 Å². The van der Waals surface area contributed by atoms with Crippen molar-refractivity contribution in [2.24, 2.45) is 0 Å². The molecule has 7 heteroatoms. The van der Waals surface area contributed by atoms with Crippen LogP contribution in [0.2, 0.25) is 6.32 Å². The van der Waals surface area contributed by atoms with Crippen molar-refractivity contribution in [3.63, 3.8) is 0 Å². The van der Waals surface area contributed by atoms with E-state index in [1.54, 1.807) is 14.2 Å². The van der Waals surface area contributed by atoms with Gasteiger partial charge < -0.3 is 23.5 Å². The van der Waals surface area contributed by atoms with Gasteiger partial charge in [-0.1, -0.05) is 32.3 Å². The van der Waals surface area contributed by atoms with Gasteiger partial charge in [-0.15, -0.1) is 0 Å². The van der Waals surface area contributed by atoms with Crippen molar-refractivity contribution in [3.8, 4) is 0 Å². The van der Waals surface area contributed by atoms with Crippen molar-refractivity contribution < 1.29 is 28.3 Å². The molecule has 0 amide bonds. The number of hydrogen-bond donors (Lipinski definition) is 0. The number of hydrogen-bond acceptors (Lipinski definition) is 6. The maximum Gasteiger partial charge on any atom is 0.462 e. The summed E-state index contributed by atoms with van der Waals surface area (Å²) in [5, 5.41) is 0. The van der Waals surface area contributed by atoms with Crippen LogP contribution in [0.3, 0.4) is 0 Å². The molecule has 3 rings (SSSR count). The zero-order chi connectivity index (χ0) is 18.8. The van der Waals surface area contributed by atoms with E-state index < -0.39 is 13.1 Å². The van der Waals surface area contributed by atoms with E-state index in [2.05, 4.69) is 6.58 Å². The van der Waals surface area contributed by atoms with E-state index in [0.717, 1.165) is 51.4 Å². The third-order valence-electron chi connectivity index (χ3n) is 6.51. The van der Waals surface area contributed by atoms with Crippen LogP contribution in [0.4, 0.5) is 0 Å². The van der Waals surface area contributed by atoms with E-state index in [4.69, 9.17) is 23.5 Å². The lowest BCUT2D eigenvalue weighted by Crippen LogP contribution is -2.56. The van der Waals surface area contributed by atoms with E-state index >= 15 is 0 Å². The summed E-state index contributed by atoms with van der Waals surface area (Å²) >= 11 is 0. The minimum Gasteiger partial charge on any atom is -0.466 e. The Kier molecular flexibility index (Phi) is 6.12. The van der Waals surface area contributed by atoms with Gasteiger partial charge in [0.2, 0.25) is 0 Å². The molecule has 6 nitrogen and oxygen atoms in total. The molecule has 2 saturated carbocycles. The summed E-state index contributed by atoms with van der Waals surface area (Å²) in [6.45, 7) is 3.81. The number of esters is 1. The summed E-state index contributed by atoms with van der Waals surface area (Å²) in [5.74, 6) is -0.429. The highest BCUT2D eigenvalue weighted by molar-refractivity contribution is 6.47. The van der Waals surface area contributed by atoms with Gasteiger partial charge in [0, 0.05) is 26.1 Å². The first-order chi connectivity index (χ1) is 12.5. The Balaban J connectivity index is 1.84. The monoisotopic (exact) mass is 366 g/mol. The molecule has 2 aliphatic carbocycles. The Bertz CT molecular complexity index is 492. The lowest BCUT2D eigenvalue weighted by molar-refractivity contribution is -0.153. The Hall–Kier alpha value is -0.885. The van der Waals surface area contributed by atoms with Crippen LogP contribution in [-0.4, -0.2) is 57.8 Å². The number of rotatable bonds is 7. The number of carbonyl (C=O) groups excluding carboxylic acids is 1. The number of carbonyl (C=O) groups is 1. The van der Waals surface area contributed by atoms with Gasteiger partial charge in [-0.05, 0) is 25.7 Å². The van der Waals surface area contributed by atoms with Crippen molar-refractivity contribution in [2.75, 3.05) is 21.3 Å². The molecule has 0 bridgehead atoms. The normalized spacial score (nSPS) is 29.9. The Morgan fingerprint density at radius 3 is 1.73 bits per heavy atom. The molecule has 0 aromatic carbocycles. The molecule has 3 aliphatic rings. The number of ether oxygens (including phenoxy) is 3. The van der Waals surface area contributed by atoms with Crippen LogP contribution in [0.25, 0.3) is 0 Å². The first kappa shape index (κ1) is 19.9. The molecule has 1 saturated heterocycles. The highest BCUT2D eigenvalue weighted by Crippen LogP contribution is 2.48. The van der Waals surface area contributed by atoms with Crippen molar-refractivity contribution in [2.45, 2.75) is 81.1 Å². The molecule has 0 spiro atoms. The zero-order valence-electron chi connectivity index (χ0n) is 16.3. The van der Waals surface area contributed by atoms with Gasteiger partial charge in [-0.25, -0.2) is 4.79 Å². The zero-order valence-corrected chi connectivity index (χ0v) is 16.3. The first-order valence-corrected chi connectivity index (χ1v) is 9.67. The van der Waals surface area contributed by atoms with E-state index in [-0.39, 0.29) is 23.4 Å². The third kappa shape index (κ3) is 3.47. The molecule has 0 radical (unpaired) electrons. The van der Waals surface area contributed by atoms with Crippen LogP contribution in [0.15, 0.2) is 12.2 Å². The van der Waals surface area contributed by atoms with Crippen LogP contribution < -0.4 is 0 Å². The molecule has 1 aliphatic heterocycles. The topological polar surface area (TPSA) is 63.2 Å². The highest BCUT2D eigenvalue weighted by atomic mass is 16.7.